The lowest BCUT2D eigenvalue weighted by atomic mass is 10.4. The molecule has 0 atom stereocenters. The third-order valence-corrected chi connectivity index (χ3v) is 1.78. The molecule has 13 heavy (non-hydrogen) atoms. The molecule has 0 fully saturated rings. The number of guanidine groups is 1. The van der Waals surface area contributed by atoms with Crippen LogP contribution in [-0.2, 0) is 4.79 Å². The van der Waals surface area contributed by atoms with Crippen molar-refractivity contribution in [2.75, 3.05) is 26.7 Å². The van der Waals surface area contributed by atoms with E-state index in [2.05, 4.69) is 10.3 Å². The van der Waals surface area contributed by atoms with Crippen LogP contribution in [0.15, 0.2) is 4.99 Å². The minimum Gasteiger partial charge on any atom is -0.370 e. The van der Waals surface area contributed by atoms with E-state index < -0.39 is 0 Å². The van der Waals surface area contributed by atoms with Crippen LogP contribution < -0.4 is 11.1 Å². The molecule has 0 saturated carbocycles. The second-order valence-electron chi connectivity index (χ2n) is 2.53. The molecule has 0 aliphatic carbocycles. The zero-order valence-electron chi connectivity index (χ0n) is 8.50. The first-order chi connectivity index (χ1) is 6.15. The molecule has 0 rings (SSSR count). The monoisotopic (exact) mass is 186 g/mol. The minimum absolute atomic E-state index is 0.0385. The van der Waals surface area contributed by atoms with Gasteiger partial charge < -0.3 is 16.0 Å². The summed E-state index contributed by atoms with van der Waals surface area (Å²) in [6.07, 6.45) is 0. The van der Waals surface area contributed by atoms with Crippen molar-refractivity contribution in [3.8, 4) is 0 Å². The number of carbonyl (C=O) groups is 1. The van der Waals surface area contributed by atoms with Crippen LogP contribution in [0.1, 0.15) is 13.8 Å². The number of amides is 1. The van der Waals surface area contributed by atoms with Gasteiger partial charge in [0.1, 0.15) is 0 Å². The number of nitrogens with one attached hydrogen (secondary N) is 1. The number of nitrogens with two attached hydrogens (primary N) is 1. The van der Waals surface area contributed by atoms with Crippen molar-refractivity contribution >= 4 is 11.9 Å². The average Bonchev–Trinajstić information content (AvgIpc) is 2.16. The van der Waals surface area contributed by atoms with E-state index in [0.29, 0.717) is 5.96 Å². The summed E-state index contributed by atoms with van der Waals surface area (Å²) in [6.45, 7) is 5.54. The summed E-state index contributed by atoms with van der Waals surface area (Å²) in [5, 5.41) is 2.72. The van der Waals surface area contributed by atoms with Crippen molar-refractivity contribution in [2.45, 2.75) is 13.8 Å². The maximum atomic E-state index is 11.4. The van der Waals surface area contributed by atoms with Gasteiger partial charge in [0, 0.05) is 20.1 Å². The Labute approximate surface area is 79.0 Å². The SMILES string of the molecule is CCN(CC)C(=O)CNC(N)=NC. The van der Waals surface area contributed by atoms with Gasteiger partial charge in [-0.3, -0.25) is 9.79 Å². The number of nitrogens with zero attached hydrogens (tertiary/aromatic N) is 2. The number of carbonyl (C=O) groups excluding carboxylic acids is 1. The van der Waals surface area contributed by atoms with Crippen LogP contribution in [0, 0.1) is 0 Å². The molecule has 1 amide bonds. The van der Waals surface area contributed by atoms with Crippen molar-refractivity contribution in [3.63, 3.8) is 0 Å². The molecule has 0 aromatic carbocycles. The highest BCUT2D eigenvalue weighted by atomic mass is 16.2. The second-order valence-corrected chi connectivity index (χ2v) is 2.53. The fourth-order valence-corrected chi connectivity index (χ4v) is 0.933. The Morgan fingerprint density at radius 1 is 1.46 bits per heavy atom. The first kappa shape index (κ1) is 11.7. The van der Waals surface area contributed by atoms with Crippen molar-refractivity contribution in [3.05, 3.63) is 0 Å². The van der Waals surface area contributed by atoms with Crippen LogP contribution in [0.25, 0.3) is 0 Å². The fraction of sp³-hybridized carbons (Fsp3) is 0.750. The number of rotatable bonds is 4. The van der Waals surface area contributed by atoms with Gasteiger partial charge in [-0.25, -0.2) is 0 Å². The molecule has 0 aromatic rings. The molecular formula is C8H18N4O. The van der Waals surface area contributed by atoms with Crippen molar-refractivity contribution in [1.82, 2.24) is 10.2 Å². The van der Waals surface area contributed by atoms with Gasteiger partial charge in [0.05, 0.1) is 6.54 Å². The number of hydrogen-bond acceptors (Lipinski definition) is 2. The largest absolute Gasteiger partial charge is 0.370 e. The van der Waals surface area contributed by atoms with E-state index in [0.717, 1.165) is 13.1 Å². The Hall–Kier alpha value is -1.26. The van der Waals surface area contributed by atoms with Crippen LogP contribution in [-0.4, -0.2) is 43.4 Å². The van der Waals surface area contributed by atoms with Gasteiger partial charge in [0.2, 0.25) is 5.91 Å². The quantitative estimate of drug-likeness (QED) is 0.454. The topological polar surface area (TPSA) is 70.7 Å². The van der Waals surface area contributed by atoms with Crippen molar-refractivity contribution in [2.24, 2.45) is 10.7 Å². The standard InChI is InChI=1S/C8H18N4O/c1-4-12(5-2)7(13)6-11-8(9)10-3/h4-6H2,1-3H3,(H3,9,10,11). The summed E-state index contributed by atoms with van der Waals surface area (Å²) in [7, 11) is 1.57. The highest BCUT2D eigenvalue weighted by molar-refractivity contribution is 5.85. The molecule has 0 heterocycles. The summed E-state index contributed by atoms with van der Waals surface area (Å²) >= 11 is 0. The van der Waals surface area contributed by atoms with Crippen LogP contribution in [0.4, 0.5) is 0 Å². The van der Waals surface area contributed by atoms with E-state index in [1.54, 1.807) is 11.9 Å². The smallest absolute Gasteiger partial charge is 0.241 e. The van der Waals surface area contributed by atoms with Crippen molar-refractivity contribution < 1.29 is 4.79 Å². The molecule has 0 unspecified atom stereocenters. The maximum Gasteiger partial charge on any atom is 0.241 e. The molecule has 0 aliphatic heterocycles. The molecule has 0 spiro atoms. The molecule has 0 aliphatic rings. The third-order valence-electron chi connectivity index (χ3n) is 1.78. The zero-order valence-corrected chi connectivity index (χ0v) is 8.50. The van der Waals surface area contributed by atoms with Gasteiger partial charge in [-0.1, -0.05) is 0 Å². The van der Waals surface area contributed by atoms with Gasteiger partial charge in [-0.05, 0) is 13.8 Å². The van der Waals surface area contributed by atoms with E-state index in [-0.39, 0.29) is 12.5 Å². The fourth-order valence-electron chi connectivity index (χ4n) is 0.933. The van der Waals surface area contributed by atoms with Crippen LogP contribution in [0.2, 0.25) is 0 Å². The molecule has 5 nitrogen and oxygen atoms in total. The zero-order chi connectivity index (χ0) is 10.3. The number of hydrogen-bond donors (Lipinski definition) is 2. The predicted octanol–water partition coefficient (Wildman–Crippen LogP) is -0.611. The van der Waals surface area contributed by atoms with E-state index in [1.807, 2.05) is 13.8 Å². The Morgan fingerprint density at radius 2 is 2.00 bits per heavy atom. The molecule has 0 saturated heterocycles. The Bertz CT molecular complexity index is 187. The maximum absolute atomic E-state index is 11.4. The molecule has 76 valence electrons. The van der Waals surface area contributed by atoms with Crippen LogP contribution in [0.5, 0.6) is 0 Å². The summed E-state index contributed by atoms with van der Waals surface area (Å²) in [5.41, 5.74) is 5.37. The Morgan fingerprint density at radius 3 is 2.38 bits per heavy atom. The third kappa shape index (κ3) is 4.35. The Balaban J connectivity index is 3.86. The molecule has 0 radical (unpaired) electrons. The highest BCUT2D eigenvalue weighted by Crippen LogP contribution is 1.86. The van der Waals surface area contributed by atoms with Gasteiger partial charge in [-0.15, -0.1) is 0 Å². The lowest BCUT2D eigenvalue weighted by Crippen LogP contribution is -2.42. The van der Waals surface area contributed by atoms with Gasteiger partial charge in [0.25, 0.3) is 0 Å². The molecular weight excluding hydrogens is 168 g/mol. The molecule has 0 aromatic heterocycles. The summed E-state index contributed by atoms with van der Waals surface area (Å²) in [5.74, 6) is 0.331. The Kier molecular flexibility index (Phi) is 5.67. The van der Waals surface area contributed by atoms with E-state index in [9.17, 15) is 4.79 Å². The summed E-state index contributed by atoms with van der Waals surface area (Å²) < 4.78 is 0. The molecule has 0 bridgehead atoms. The predicted molar refractivity (Wildman–Crippen MR) is 53.5 cm³/mol. The second kappa shape index (κ2) is 6.28. The van der Waals surface area contributed by atoms with E-state index in [4.69, 9.17) is 5.73 Å². The number of likely N-dealkylation sites (N-methyl/N-ethyl adjacent to an activating group) is 1. The molecule has 5 heteroatoms. The first-order valence-electron chi connectivity index (χ1n) is 4.39. The normalized spacial score (nSPS) is 11.2. The summed E-state index contributed by atoms with van der Waals surface area (Å²) in [4.78, 5) is 16.8. The van der Waals surface area contributed by atoms with Gasteiger partial charge >= 0.3 is 0 Å². The lowest BCUT2D eigenvalue weighted by molar-refractivity contribution is -0.129. The first-order valence-corrected chi connectivity index (χ1v) is 4.39. The van der Waals surface area contributed by atoms with Gasteiger partial charge in [-0.2, -0.15) is 0 Å². The van der Waals surface area contributed by atoms with Crippen molar-refractivity contribution in [1.29, 1.82) is 0 Å². The average molecular weight is 186 g/mol. The lowest BCUT2D eigenvalue weighted by Gasteiger charge is -2.18. The minimum atomic E-state index is 0.0385. The summed E-state index contributed by atoms with van der Waals surface area (Å²) in [6, 6.07) is 0. The van der Waals surface area contributed by atoms with Crippen LogP contribution >= 0.6 is 0 Å². The molecule has 3 N–H and O–H groups in total. The highest BCUT2D eigenvalue weighted by Gasteiger charge is 2.08. The van der Waals surface area contributed by atoms with E-state index >= 15 is 0 Å². The van der Waals surface area contributed by atoms with Crippen LogP contribution in [0.3, 0.4) is 0 Å². The van der Waals surface area contributed by atoms with E-state index in [1.165, 1.54) is 0 Å². The number of aliphatic imine (C=N–C) groups is 1. The van der Waals surface area contributed by atoms with Gasteiger partial charge in [0.15, 0.2) is 5.96 Å².